The molecule has 0 bridgehead atoms. The number of carbonyl (C=O) groups excluding carboxylic acids is 1. The van der Waals surface area contributed by atoms with E-state index in [1.54, 1.807) is 0 Å². The number of benzene rings is 1. The zero-order valence-electron chi connectivity index (χ0n) is 10.1. The summed E-state index contributed by atoms with van der Waals surface area (Å²) in [5.74, 6) is 0.849. The van der Waals surface area contributed by atoms with Gasteiger partial charge in [0.2, 0.25) is 5.91 Å². The van der Waals surface area contributed by atoms with Crippen molar-refractivity contribution in [3.8, 4) is 0 Å². The Labute approximate surface area is 108 Å². The molecule has 0 saturated heterocycles. The molecule has 0 aliphatic rings. The summed E-state index contributed by atoms with van der Waals surface area (Å²) in [7, 11) is 0. The molecule has 0 aromatic heterocycles. The van der Waals surface area contributed by atoms with E-state index in [-0.39, 0.29) is 5.91 Å². The van der Waals surface area contributed by atoms with E-state index in [0.717, 1.165) is 32.2 Å². The van der Waals surface area contributed by atoms with E-state index in [0.29, 0.717) is 12.3 Å². The molecule has 94 valence electrons. The molecule has 0 atom stereocenters. The first-order chi connectivity index (χ1) is 8.33. The lowest BCUT2D eigenvalue weighted by Gasteiger charge is -2.04. The van der Waals surface area contributed by atoms with E-state index in [4.69, 9.17) is 11.6 Å². The summed E-state index contributed by atoms with van der Waals surface area (Å²) in [5, 5.41) is 2.93. The summed E-state index contributed by atoms with van der Waals surface area (Å²) in [6.45, 7) is 0.768. The number of hydrogen-bond donors (Lipinski definition) is 1. The molecule has 17 heavy (non-hydrogen) atoms. The van der Waals surface area contributed by atoms with Crippen molar-refractivity contribution in [2.45, 2.75) is 32.1 Å². The summed E-state index contributed by atoms with van der Waals surface area (Å²) < 4.78 is 0. The van der Waals surface area contributed by atoms with E-state index in [9.17, 15) is 4.79 Å². The molecule has 0 unspecified atom stereocenters. The Bertz CT molecular complexity index is 313. The van der Waals surface area contributed by atoms with Gasteiger partial charge in [0.05, 0.1) is 0 Å². The number of hydrogen-bond acceptors (Lipinski definition) is 1. The Hall–Kier alpha value is -1.02. The Balaban J connectivity index is 2.05. The molecule has 1 aromatic rings. The molecule has 0 heterocycles. The first-order valence-electron chi connectivity index (χ1n) is 6.19. The van der Waals surface area contributed by atoms with E-state index >= 15 is 0 Å². The Morgan fingerprint density at radius 3 is 2.59 bits per heavy atom. The predicted octanol–water partition coefficient (Wildman–Crippen LogP) is 3.14. The Morgan fingerprint density at radius 2 is 1.88 bits per heavy atom. The number of aryl methyl sites for hydroxylation is 1. The van der Waals surface area contributed by atoms with Crippen molar-refractivity contribution in [1.29, 1.82) is 0 Å². The van der Waals surface area contributed by atoms with Crippen LogP contribution in [-0.4, -0.2) is 18.3 Å². The van der Waals surface area contributed by atoms with Crippen molar-refractivity contribution >= 4 is 17.5 Å². The summed E-state index contributed by atoms with van der Waals surface area (Å²) >= 11 is 5.57. The van der Waals surface area contributed by atoms with E-state index in [2.05, 4.69) is 5.32 Å². The zero-order chi connectivity index (χ0) is 12.3. The summed E-state index contributed by atoms with van der Waals surface area (Å²) in [6.07, 6.45) is 4.52. The van der Waals surface area contributed by atoms with E-state index in [1.165, 1.54) is 5.56 Å². The van der Waals surface area contributed by atoms with Crippen LogP contribution in [0, 0.1) is 0 Å². The highest BCUT2D eigenvalue weighted by atomic mass is 35.5. The summed E-state index contributed by atoms with van der Waals surface area (Å²) in [6, 6.07) is 10.1. The van der Waals surface area contributed by atoms with Gasteiger partial charge in [0, 0.05) is 18.8 Å². The lowest BCUT2D eigenvalue weighted by atomic mass is 10.1. The molecule has 1 amide bonds. The molecule has 1 N–H and O–H groups in total. The van der Waals surface area contributed by atoms with Gasteiger partial charge in [0.1, 0.15) is 0 Å². The molecule has 2 nitrogen and oxygen atoms in total. The standard InChI is InChI=1S/C14H20ClNO/c15-11-5-2-6-12-16-14(17)10-9-13-7-3-1-4-8-13/h1,3-4,7-8H,2,5-6,9-12H2,(H,16,17). The smallest absolute Gasteiger partial charge is 0.220 e. The highest BCUT2D eigenvalue weighted by Gasteiger charge is 2.00. The van der Waals surface area contributed by atoms with Crippen molar-refractivity contribution in [3.63, 3.8) is 0 Å². The van der Waals surface area contributed by atoms with Crippen LogP contribution in [0.4, 0.5) is 0 Å². The molecule has 3 heteroatoms. The van der Waals surface area contributed by atoms with Gasteiger partial charge in [-0.05, 0) is 24.8 Å². The third-order valence-electron chi connectivity index (χ3n) is 2.62. The van der Waals surface area contributed by atoms with Gasteiger partial charge in [0.25, 0.3) is 0 Å². The summed E-state index contributed by atoms with van der Waals surface area (Å²) in [5.41, 5.74) is 1.21. The SMILES string of the molecule is O=C(CCc1ccccc1)NCCCCCCl. The minimum atomic E-state index is 0.139. The maximum Gasteiger partial charge on any atom is 0.220 e. The fourth-order valence-electron chi connectivity index (χ4n) is 1.62. The number of amides is 1. The zero-order valence-corrected chi connectivity index (χ0v) is 10.9. The van der Waals surface area contributed by atoms with Crippen LogP contribution in [0.3, 0.4) is 0 Å². The van der Waals surface area contributed by atoms with Gasteiger partial charge in [-0.15, -0.1) is 11.6 Å². The van der Waals surface area contributed by atoms with Crippen LogP contribution in [0.15, 0.2) is 30.3 Å². The first-order valence-corrected chi connectivity index (χ1v) is 6.73. The van der Waals surface area contributed by atoms with Crippen LogP contribution in [0.1, 0.15) is 31.2 Å². The maximum atomic E-state index is 11.5. The lowest BCUT2D eigenvalue weighted by molar-refractivity contribution is -0.121. The molecular weight excluding hydrogens is 234 g/mol. The highest BCUT2D eigenvalue weighted by molar-refractivity contribution is 6.17. The number of rotatable bonds is 8. The van der Waals surface area contributed by atoms with Crippen LogP contribution in [0.2, 0.25) is 0 Å². The molecule has 1 rings (SSSR count). The minimum absolute atomic E-state index is 0.139. The van der Waals surface area contributed by atoms with Crippen LogP contribution in [0.5, 0.6) is 0 Å². The quantitative estimate of drug-likeness (QED) is 0.560. The number of carbonyl (C=O) groups is 1. The third kappa shape index (κ3) is 7.01. The lowest BCUT2D eigenvalue weighted by Crippen LogP contribution is -2.24. The second-order valence-corrected chi connectivity index (χ2v) is 4.46. The molecule has 0 aliphatic carbocycles. The van der Waals surface area contributed by atoms with Crippen molar-refractivity contribution in [1.82, 2.24) is 5.32 Å². The minimum Gasteiger partial charge on any atom is -0.356 e. The number of nitrogens with one attached hydrogen (secondary N) is 1. The topological polar surface area (TPSA) is 29.1 Å². The van der Waals surface area contributed by atoms with Crippen molar-refractivity contribution < 1.29 is 4.79 Å². The van der Waals surface area contributed by atoms with Crippen LogP contribution < -0.4 is 5.32 Å². The second-order valence-electron chi connectivity index (χ2n) is 4.09. The average molecular weight is 254 g/mol. The number of unbranched alkanes of at least 4 members (excludes halogenated alkanes) is 2. The van der Waals surface area contributed by atoms with Crippen molar-refractivity contribution in [2.24, 2.45) is 0 Å². The van der Waals surface area contributed by atoms with E-state index < -0.39 is 0 Å². The Kier molecular flexibility index (Phi) is 7.48. The average Bonchev–Trinajstić information content (AvgIpc) is 2.37. The largest absolute Gasteiger partial charge is 0.356 e. The molecule has 0 radical (unpaired) electrons. The van der Waals surface area contributed by atoms with Gasteiger partial charge in [-0.1, -0.05) is 36.8 Å². The van der Waals surface area contributed by atoms with Gasteiger partial charge in [-0.2, -0.15) is 0 Å². The third-order valence-corrected chi connectivity index (χ3v) is 2.88. The summed E-state index contributed by atoms with van der Waals surface area (Å²) in [4.78, 5) is 11.5. The number of halogens is 1. The molecule has 1 aromatic carbocycles. The van der Waals surface area contributed by atoms with Gasteiger partial charge < -0.3 is 5.32 Å². The van der Waals surface area contributed by atoms with Gasteiger partial charge in [0.15, 0.2) is 0 Å². The molecule has 0 spiro atoms. The second kappa shape index (κ2) is 9.06. The van der Waals surface area contributed by atoms with Crippen LogP contribution >= 0.6 is 11.6 Å². The van der Waals surface area contributed by atoms with Crippen LogP contribution in [0.25, 0.3) is 0 Å². The molecule has 0 saturated carbocycles. The predicted molar refractivity (Wildman–Crippen MR) is 72.3 cm³/mol. The molecule has 0 fully saturated rings. The van der Waals surface area contributed by atoms with Crippen LogP contribution in [-0.2, 0) is 11.2 Å². The van der Waals surface area contributed by atoms with Gasteiger partial charge in [-0.3, -0.25) is 4.79 Å². The van der Waals surface area contributed by atoms with Gasteiger partial charge >= 0.3 is 0 Å². The van der Waals surface area contributed by atoms with Crippen molar-refractivity contribution in [3.05, 3.63) is 35.9 Å². The monoisotopic (exact) mass is 253 g/mol. The fourth-order valence-corrected chi connectivity index (χ4v) is 1.80. The van der Waals surface area contributed by atoms with Gasteiger partial charge in [-0.25, -0.2) is 0 Å². The fraction of sp³-hybridized carbons (Fsp3) is 0.500. The Morgan fingerprint density at radius 1 is 1.12 bits per heavy atom. The molecular formula is C14H20ClNO. The first kappa shape index (κ1) is 14.0. The van der Waals surface area contributed by atoms with Crippen molar-refractivity contribution in [2.75, 3.05) is 12.4 Å². The highest BCUT2D eigenvalue weighted by Crippen LogP contribution is 2.02. The normalized spacial score (nSPS) is 10.2. The number of alkyl halides is 1. The van der Waals surface area contributed by atoms with E-state index in [1.807, 2.05) is 30.3 Å². The molecule has 0 aliphatic heterocycles. The maximum absolute atomic E-state index is 11.5.